The number of amides is 2. The fourth-order valence-corrected chi connectivity index (χ4v) is 3.34. The highest BCUT2D eigenvalue weighted by atomic mass is 16.5. The first kappa shape index (κ1) is 18.4. The number of hydrogen-bond donors (Lipinski definition) is 2. The molecule has 1 aliphatic heterocycles. The second kappa shape index (κ2) is 8.31. The molecule has 0 aliphatic carbocycles. The normalized spacial score (nSPS) is 17.7. The second-order valence-electron chi connectivity index (χ2n) is 6.76. The minimum atomic E-state index is -0.150. The summed E-state index contributed by atoms with van der Waals surface area (Å²) in [5.74, 6) is 0.827. The van der Waals surface area contributed by atoms with E-state index < -0.39 is 0 Å². The molecule has 2 heterocycles. The van der Waals surface area contributed by atoms with Crippen molar-refractivity contribution in [2.45, 2.75) is 26.2 Å². The van der Waals surface area contributed by atoms with Crippen LogP contribution in [0, 0.1) is 12.8 Å². The number of fused-ring (bicyclic) bond motifs is 1. The first-order chi connectivity index (χ1) is 12.6. The second-order valence-corrected chi connectivity index (χ2v) is 6.76. The number of para-hydroxylation sites is 1. The zero-order valence-electron chi connectivity index (χ0n) is 15.4. The van der Waals surface area contributed by atoms with Gasteiger partial charge >= 0.3 is 0 Å². The molecule has 0 saturated carbocycles. The van der Waals surface area contributed by atoms with Gasteiger partial charge in [-0.05, 0) is 25.0 Å². The topological polar surface area (TPSA) is 87.3 Å². The molecule has 1 fully saturated rings. The molecule has 7 nitrogen and oxygen atoms in total. The van der Waals surface area contributed by atoms with Crippen molar-refractivity contribution >= 4 is 22.8 Å². The van der Waals surface area contributed by atoms with Crippen molar-refractivity contribution in [3.05, 3.63) is 29.6 Å². The third-order valence-corrected chi connectivity index (χ3v) is 4.86. The predicted molar refractivity (Wildman–Crippen MR) is 98.7 cm³/mol. The van der Waals surface area contributed by atoms with Gasteiger partial charge in [0.25, 0.3) is 0 Å². The Bertz CT molecular complexity index is 786. The van der Waals surface area contributed by atoms with Crippen LogP contribution in [-0.2, 0) is 20.7 Å². The molecular formula is C19H26N4O3. The van der Waals surface area contributed by atoms with Crippen molar-refractivity contribution in [1.29, 1.82) is 0 Å². The van der Waals surface area contributed by atoms with E-state index in [0.717, 1.165) is 22.4 Å². The van der Waals surface area contributed by atoms with Crippen LogP contribution in [0.4, 0.5) is 0 Å². The van der Waals surface area contributed by atoms with Crippen LogP contribution in [0.15, 0.2) is 18.2 Å². The van der Waals surface area contributed by atoms with E-state index in [4.69, 9.17) is 4.74 Å². The maximum absolute atomic E-state index is 12.4. The van der Waals surface area contributed by atoms with Crippen molar-refractivity contribution in [1.82, 2.24) is 20.2 Å². The quantitative estimate of drug-likeness (QED) is 0.783. The van der Waals surface area contributed by atoms with Crippen molar-refractivity contribution in [3.8, 4) is 0 Å². The largest absolute Gasteiger partial charge is 0.383 e. The number of aromatic nitrogens is 2. The molecular weight excluding hydrogens is 332 g/mol. The summed E-state index contributed by atoms with van der Waals surface area (Å²) in [5, 5.41) is 2.98. The third-order valence-electron chi connectivity index (χ3n) is 4.86. The fraction of sp³-hybridized carbons (Fsp3) is 0.526. The highest BCUT2D eigenvalue weighted by Crippen LogP contribution is 2.18. The number of ether oxygens (including phenoxy) is 1. The van der Waals surface area contributed by atoms with Crippen LogP contribution >= 0.6 is 0 Å². The van der Waals surface area contributed by atoms with Gasteiger partial charge in [-0.1, -0.05) is 12.1 Å². The summed E-state index contributed by atoms with van der Waals surface area (Å²) < 4.78 is 5.03. The summed E-state index contributed by atoms with van der Waals surface area (Å²) in [6.07, 6.45) is 1.68. The molecule has 0 spiro atoms. The highest BCUT2D eigenvalue weighted by Gasteiger charge is 2.29. The molecule has 0 radical (unpaired) electrons. The monoisotopic (exact) mass is 358 g/mol. The molecule has 1 atom stereocenters. The average Bonchev–Trinajstić information content (AvgIpc) is 3.05. The number of carbonyl (C=O) groups excluding carboxylic acids is 2. The van der Waals surface area contributed by atoms with Crippen LogP contribution in [0.2, 0.25) is 0 Å². The number of methoxy groups -OCH3 is 1. The number of hydrogen-bond acceptors (Lipinski definition) is 4. The minimum absolute atomic E-state index is 0.00667. The number of likely N-dealkylation sites (tertiary alicyclic amines) is 1. The minimum Gasteiger partial charge on any atom is -0.383 e. The standard InChI is InChI=1S/C19H26N4O3/c1-13-4-3-5-15-18(13)22-16(21-15)8-9-20-19(25)14-6-7-17(24)23(12-14)10-11-26-2/h3-5,14H,6-12H2,1-2H3,(H,20,25)(H,21,22)/t14-/m0/s1. The van der Waals surface area contributed by atoms with Crippen LogP contribution in [0.5, 0.6) is 0 Å². The van der Waals surface area contributed by atoms with Crippen LogP contribution in [0.3, 0.4) is 0 Å². The van der Waals surface area contributed by atoms with Gasteiger partial charge in [-0.2, -0.15) is 0 Å². The molecule has 1 aliphatic rings. The van der Waals surface area contributed by atoms with Crippen molar-refractivity contribution in [2.24, 2.45) is 5.92 Å². The number of aryl methyl sites for hydroxylation is 1. The lowest BCUT2D eigenvalue weighted by Crippen LogP contribution is -2.47. The third kappa shape index (κ3) is 4.22. The smallest absolute Gasteiger partial charge is 0.224 e. The molecule has 1 aromatic carbocycles. The number of H-pyrrole nitrogens is 1. The number of aromatic amines is 1. The van der Waals surface area contributed by atoms with Gasteiger partial charge in [-0.25, -0.2) is 4.98 Å². The van der Waals surface area contributed by atoms with Crippen molar-refractivity contribution in [2.75, 3.05) is 33.4 Å². The number of piperidine rings is 1. The zero-order valence-corrected chi connectivity index (χ0v) is 15.4. The Morgan fingerprint density at radius 1 is 1.46 bits per heavy atom. The van der Waals surface area contributed by atoms with E-state index in [1.54, 1.807) is 12.0 Å². The molecule has 1 saturated heterocycles. The number of nitrogens with zero attached hydrogens (tertiary/aromatic N) is 2. The van der Waals surface area contributed by atoms with Gasteiger partial charge in [0, 0.05) is 39.6 Å². The van der Waals surface area contributed by atoms with Gasteiger partial charge in [-0.3, -0.25) is 9.59 Å². The summed E-state index contributed by atoms with van der Waals surface area (Å²) in [6, 6.07) is 6.04. The predicted octanol–water partition coefficient (Wildman–Crippen LogP) is 1.42. The Labute approximate surface area is 153 Å². The van der Waals surface area contributed by atoms with E-state index >= 15 is 0 Å². The number of benzene rings is 1. The molecule has 0 bridgehead atoms. The first-order valence-corrected chi connectivity index (χ1v) is 9.07. The maximum atomic E-state index is 12.4. The van der Waals surface area contributed by atoms with Crippen LogP contribution in [0.25, 0.3) is 11.0 Å². The zero-order chi connectivity index (χ0) is 18.5. The molecule has 3 rings (SSSR count). The van der Waals surface area contributed by atoms with Gasteiger partial charge in [-0.15, -0.1) is 0 Å². The summed E-state index contributed by atoms with van der Waals surface area (Å²) in [6.45, 7) is 4.06. The van der Waals surface area contributed by atoms with Crippen molar-refractivity contribution in [3.63, 3.8) is 0 Å². The highest BCUT2D eigenvalue weighted by molar-refractivity contribution is 5.83. The molecule has 1 aromatic heterocycles. The Hall–Kier alpha value is -2.41. The Balaban J connectivity index is 1.50. The van der Waals surface area contributed by atoms with Crippen LogP contribution in [-0.4, -0.2) is 60.0 Å². The number of imidazole rings is 1. The Kier molecular flexibility index (Phi) is 5.88. The molecule has 2 N–H and O–H groups in total. The lowest BCUT2D eigenvalue weighted by molar-refractivity contribution is -0.138. The van der Waals surface area contributed by atoms with Gasteiger partial charge < -0.3 is 19.9 Å². The summed E-state index contributed by atoms with van der Waals surface area (Å²) in [4.78, 5) is 34.0. The van der Waals surface area contributed by atoms with E-state index in [-0.39, 0.29) is 17.7 Å². The van der Waals surface area contributed by atoms with E-state index in [9.17, 15) is 9.59 Å². The van der Waals surface area contributed by atoms with Crippen LogP contribution < -0.4 is 5.32 Å². The lowest BCUT2D eigenvalue weighted by Gasteiger charge is -2.31. The molecule has 2 aromatic rings. The first-order valence-electron chi connectivity index (χ1n) is 9.07. The summed E-state index contributed by atoms with van der Waals surface area (Å²) in [7, 11) is 1.61. The summed E-state index contributed by atoms with van der Waals surface area (Å²) >= 11 is 0. The molecule has 140 valence electrons. The van der Waals surface area contributed by atoms with E-state index in [2.05, 4.69) is 15.3 Å². The van der Waals surface area contributed by atoms with Crippen LogP contribution in [0.1, 0.15) is 24.2 Å². The molecule has 0 unspecified atom stereocenters. The number of carbonyl (C=O) groups is 2. The fourth-order valence-electron chi connectivity index (χ4n) is 3.34. The Morgan fingerprint density at radius 2 is 2.31 bits per heavy atom. The number of rotatable bonds is 7. The summed E-state index contributed by atoms with van der Waals surface area (Å²) in [5.41, 5.74) is 3.14. The van der Waals surface area contributed by atoms with Gasteiger partial charge in [0.2, 0.25) is 11.8 Å². The number of nitrogens with one attached hydrogen (secondary N) is 2. The van der Waals surface area contributed by atoms with E-state index in [1.807, 2.05) is 25.1 Å². The molecule has 2 amide bonds. The van der Waals surface area contributed by atoms with E-state index in [0.29, 0.717) is 45.5 Å². The molecule has 26 heavy (non-hydrogen) atoms. The molecule has 7 heteroatoms. The SMILES string of the molecule is COCCN1C[C@@H](C(=O)NCCc2nc3c(C)cccc3[nH]2)CCC1=O. The Morgan fingerprint density at radius 3 is 3.08 bits per heavy atom. The average molecular weight is 358 g/mol. The van der Waals surface area contributed by atoms with Crippen molar-refractivity contribution < 1.29 is 14.3 Å². The maximum Gasteiger partial charge on any atom is 0.224 e. The van der Waals surface area contributed by atoms with Gasteiger partial charge in [0.1, 0.15) is 5.82 Å². The lowest BCUT2D eigenvalue weighted by atomic mass is 9.96. The van der Waals surface area contributed by atoms with Gasteiger partial charge in [0.15, 0.2) is 0 Å². The van der Waals surface area contributed by atoms with E-state index in [1.165, 1.54) is 0 Å². The van der Waals surface area contributed by atoms with Gasteiger partial charge in [0.05, 0.1) is 23.6 Å².